The SMILES string of the molecule is C[C@H]1[C@H](c2ccccc2)[Se]C(=N)N1C. The van der Waals surface area contributed by atoms with Gasteiger partial charge in [-0.25, -0.2) is 0 Å². The Bertz CT molecular complexity index is 336. The van der Waals surface area contributed by atoms with Gasteiger partial charge in [0.1, 0.15) is 0 Å². The van der Waals surface area contributed by atoms with Crippen LogP contribution in [0.4, 0.5) is 0 Å². The number of likely N-dealkylation sites (N-methyl/N-ethyl adjacent to an activating group) is 1. The van der Waals surface area contributed by atoms with Crippen LogP contribution in [0.25, 0.3) is 0 Å². The van der Waals surface area contributed by atoms with E-state index in [1.165, 1.54) is 5.56 Å². The maximum absolute atomic E-state index is 7.82. The number of benzene rings is 1. The van der Waals surface area contributed by atoms with E-state index < -0.39 is 0 Å². The Hall–Kier alpha value is -0.791. The van der Waals surface area contributed by atoms with Crippen molar-refractivity contribution in [2.75, 3.05) is 7.05 Å². The fraction of sp³-hybridized carbons (Fsp3) is 0.364. The topological polar surface area (TPSA) is 27.1 Å². The van der Waals surface area contributed by atoms with Gasteiger partial charge in [-0.3, -0.25) is 0 Å². The standard InChI is InChI=1S/C11H14N2Se/c1-8-10(14-11(12)13(8)2)9-6-4-3-5-7-9/h3-8,10,12H,1-2H3/t8-,10+/m0/s1. The first kappa shape index (κ1) is 9.75. The summed E-state index contributed by atoms with van der Waals surface area (Å²) < 4.78 is 0.818. The van der Waals surface area contributed by atoms with Gasteiger partial charge in [-0.05, 0) is 0 Å². The molecule has 1 aromatic carbocycles. The summed E-state index contributed by atoms with van der Waals surface area (Å²) in [7, 11) is 2.03. The van der Waals surface area contributed by atoms with Gasteiger partial charge in [0.25, 0.3) is 0 Å². The van der Waals surface area contributed by atoms with E-state index in [0.29, 0.717) is 25.8 Å². The van der Waals surface area contributed by atoms with E-state index in [0.717, 1.165) is 4.73 Å². The first-order valence-electron chi connectivity index (χ1n) is 4.73. The van der Waals surface area contributed by atoms with Crippen molar-refractivity contribution >= 4 is 19.7 Å². The monoisotopic (exact) mass is 254 g/mol. The van der Waals surface area contributed by atoms with Crippen LogP contribution in [0.5, 0.6) is 0 Å². The van der Waals surface area contributed by atoms with E-state index in [-0.39, 0.29) is 0 Å². The van der Waals surface area contributed by atoms with Gasteiger partial charge in [-0.2, -0.15) is 0 Å². The molecule has 2 atom stereocenters. The molecule has 1 N–H and O–H groups in total. The maximum atomic E-state index is 7.82. The number of hydrogen-bond donors (Lipinski definition) is 1. The Morgan fingerprint density at radius 3 is 2.43 bits per heavy atom. The molecule has 74 valence electrons. The van der Waals surface area contributed by atoms with Gasteiger partial charge in [-0.1, -0.05) is 0 Å². The van der Waals surface area contributed by atoms with Crippen molar-refractivity contribution in [3.63, 3.8) is 0 Å². The molecular weight excluding hydrogens is 239 g/mol. The van der Waals surface area contributed by atoms with Crippen LogP contribution in [0.15, 0.2) is 30.3 Å². The van der Waals surface area contributed by atoms with Crippen molar-refractivity contribution in [1.29, 1.82) is 5.41 Å². The van der Waals surface area contributed by atoms with Gasteiger partial charge < -0.3 is 0 Å². The number of rotatable bonds is 1. The molecule has 0 radical (unpaired) electrons. The normalized spacial score (nSPS) is 27.0. The van der Waals surface area contributed by atoms with Gasteiger partial charge in [0.2, 0.25) is 0 Å². The molecule has 0 spiro atoms. The molecule has 0 saturated carbocycles. The fourth-order valence-electron chi connectivity index (χ4n) is 1.68. The van der Waals surface area contributed by atoms with Crippen LogP contribution in [0.2, 0.25) is 0 Å². The van der Waals surface area contributed by atoms with Crippen molar-refractivity contribution < 1.29 is 0 Å². The van der Waals surface area contributed by atoms with Crippen molar-refractivity contribution in [2.45, 2.75) is 17.8 Å². The third-order valence-corrected chi connectivity index (χ3v) is 5.74. The number of nitrogens with one attached hydrogen (secondary N) is 1. The van der Waals surface area contributed by atoms with Gasteiger partial charge in [0, 0.05) is 0 Å². The predicted molar refractivity (Wildman–Crippen MR) is 59.9 cm³/mol. The average Bonchev–Trinajstić information content (AvgIpc) is 2.47. The van der Waals surface area contributed by atoms with E-state index in [1.54, 1.807) is 0 Å². The minimum absolute atomic E-state index is 0.301. The zero-order valence-electron chi connectivity index (χ0n) is 8.40. The molecule has 1 aliphatic rings. The van der Waals surface area contributed by atoms with Crippen LogP contribution in [0.1, 0.15) is 17.3 Å². The molecule has 14 heavy (non-hydrogen) atoms. The summed E-state index contributed by atoms with van der Waals surface area (Å²) in [4.78, 5) is 2.65. The summed E-state index contributed by atoms with van der Waals surface area (Å²) in [5.41, 5.74) is 1.38. The second kappa shape index (κ2) is 3.76. The molecule has 0 amide bonds. The quantitative estimate of drug-likeness (QED) is 0.758. The third kappa shape index (κ3) is 1.58. The summed E-state index contributed by atoms with van der Waals surface area (Å²) in [5.74, 6) is 0. The van der Waals surface area contributed by atoms with Gasteiger partial charge in [0.05, 0.1) is 0 Å². The summed E-state index contributed by atoms with van der Waals surface area (Å²) in [6.45, 7) is 2.21. The fourth-order valence-corrected chi connectivity index (χ4v) is 4.29. The van der Waals surface area contributed by atoms with E-state index in [2.05, 4.69) is 36.1 Å². The molecule has 1 saturated heterocycles. The van der Waals surface area contributed by atoms with E-state index in [9.17, 15) is 0 Å². The molecule has 3 heteroatoms. The molecule has 0 unspecified atom stereocenters. The average molecular weight is 253 g/mol. The molecule has 0 aromatic heterocycles. The Labute approximate surface area is 91.0 Å². The summed E-state index contributed by atoms with van der Waals surface area (Å²) in [5, 5.41) is 7.82. The predicted octanol–water partition coefficient (Wildman–Crippen LogP) is 1.70. The van der Waals surface area contributed by atoms with Crippen molar-refractivity contribution in [3.05, 3.63) is 35.9 Å². The van der Waals surface area contributed by atoms with Crippen molar-refractivity contribution in [3.8, 4) is 0 Å². The van der Waals surface area contributed by atoms with Crippen molar-refractivity contribution in [2.24, 2.45) is 0 Å². The van der Waals surface area contributed by atoms with Crippen molar-refractivity contribution in [1.82, 2.24) is 4.90 Å². The van der Waals surface area contributed by atoms with Crippen LogP contribution in [-0.4, -0.2) is 37.7 Å². The van der Waals surface area contributed by atoms with E-state index in [1.807, 2.05) is 13.1 Å². The minimum atomic E-state index is 0.301. The zero-order valence-corrected chi connectivity index (χ0v) is 10.1. The summed E-state index contributed by atoms with van der Waals surface area (Å²) in [6, 6.07) is 11.0. The van der Waals surface area contributed by atoms with Crippen LogP contribution >= 0.6 is 0 Å². The molecule has 1 aromatic rings. The molecular formula is C11H14N2Se. The third-order valence-electron chi connectivity index (χ3n) is 2.74. The van der Waals surface area contributed by atoms with E-state index in [4.69, 9.17) is 5.41 Å². The molecule has 1 aliphatic heterocycles. The Balaban J connectivity index is 2.26. The molecule has 0 bridgehead atoms. The molecule has 1 fully saturated rings. The zero-order chi connectivity index (χ0) is 10.1. The van der Waals surface area contributed by atoms with Gasteiger partial charge in [-0.15, -0.1) is 0 Å². The molecule has 2 rings (SSSR count). The van der Waals surface area contributed by atoms with Crippen LogP contribution in [0.3, 0.4) is 0 Å². The van der Waals surface area contributed by atoms with Crippen LogP contribution < -0.4 is 0 Å². The van der Waals surface area contributed by atoms with Gasteiger partial charge in [0.15, 0.2) is 0 Å². The Kier molecular flexibility index (Phi) is 2.62. The van der Waals surface area contributed by atoms with E-state index >= 15 is 0 Å². The number of hydrogen-bond acceptors (Lipinski definition) is 1. The number of nitrogens with zero attached hydrogens (tertiary/aromatic N) is 1. The molecule has 2 nitrogen and oxygen atoms in total. The van der Waals surface area contributed by atoms with Crippen LogP contribution in [0, 0.1) is 5.41 Å². The molecule has 1 heterocycles. The Morgan fingerprint density at radius 1 is 1.29 bits per heavy atom. The van der Waals surface area contributed by atoms with Crippen LogP contribution in [-0.2, 0) is 0 Å². The second-order valence-corrected chi connectivity index (χ2v) is 5.98. The molecule has 0 aliphatic carbocycles. The number of amidine groups is 1. The first-order chi connectivity index (χ1) is 6.70. The summed E-state index contributed by atoms with van der Waals surface area (Å²) in [6.07, 6.45) is 0. The Morgan fingerprint density at radius 2 is 1.93 bits per heavy atom. The van der Waals surface area contributed by atoms with Gasteiger partial charge >= 0.3 is 90.7 Å². The first-order valence-corrected chi connectivity index (χ1v) is 6.57. The second-order valence-electron chi connectivity index (χ2n) is 3.61. The summed E-state index contributed by atoms with van der Waals surface area (Å²) >= 11 is 0.301.